The van der Waals surface area contributed by atoms with E-state index in [2.05, 4.69) is 4.98 Å². The maximum atomic E-state index is 14.0. The molecule has 1 fully saturated rings. The van der Waals surface area contributed by atoms with Gasteiger partial charge in [-0.1, -0.05) is 12.1 Å². The van der Waals surface area contributed by atoms with Gasteiger partial charge < -0.3 is 9.64 Å². The molecule has 0 amide bonds. The van der Waals surface area contributed by atoms with E-state index < -0.39 is 26.6 Å². The molecule has 0 unspecified atom stereocenters. The van der Waals surface area contributed by atoms with Crippen LogP contribution in [0.4, 0.5) is 13.9 Å². The van der Waals surface area contributed by atoms with Crippen molar-refractivity contribution in [2.45, 2.75) is 11.3 Å². The fourth-order valence-electron chi connectivity index (χ4n) is 3.46. The van der Waals surface area contributed by atoms with E-state index in [1.165, 1.54) is 15.6 Å². The summed E-state index contributed by atoms with van der Waals surface area (Å²) in [5.41, 5.74) is 2.02. The van der Waals surface area contributed by atoms with E-state index >= 15 is 0 Å². The monoisotopic (exact) mass is 465 g/mol. The third kappa shape index (κ3) is 4.70. The van der Waals surface area contributed by atoms with Crippen molar-refractivity contribution >= 4 is 26.5 Å². The van der Waals surface area contributed by atoms with Gasteiger partial charge in [0.25, 0.3) is 0 Å². The Hall–Kier alpha value is -2.56. The molecule has 4 rings (SSSR count). The van der Waals surface area contributed by atoms with Crippen molar-refractivity contribution in [2.24, 2.45) is 0 Å². The van der Waals surface area contributed by atoms with Crippen LogP contribution >= 0.6 is 11.3 Å². The van der Waals surface area contributed by atoms with Gasteiger partial charge in [-0.3, -0.25) is 0 Å². The van der Waals surface area contributed by atoms with Crippen LogP contribution in [0, 0.1) is 11.6 Å². The number of benzene rings is 2. The van der Waals surface area contributed by atoms with Gasteiger partial charge in [-0.2, -0.15) is 4.31 Å². The Balaban J connectivity index is 1.41. The van der Waals surface area contributed by atoms with Crippen LogP contribution in [0.25, 0.3) is 0 Å². The summed E-state index contributed by atoms with van der Waals surface area (Å²) in [7, 11) is -2.39. The Kier molecular flexibility index (Phi) is 6.22. The zero-order chi connectivity index (χ0) is 22.0. The highest BCUT2D eigenvalue weighted by molar-refractivity contribution is 7.89. The predicted octanol–water partition coefficient (Wildman–Crippen LogP) is 3.53. The lowest BCUT2D eigenvalue weighted by molar-refractivity contribution is 0.382. The maximum Gasteiger partial charge on any atom is 0.246 e. The summed E-state index contributed by atoms with van der Waals surface area (Å²) in [6.07, 6.45) is 0.673. The summed E-state index contributed by atoms with van der Waals surface area (Å²) in [4.78, 5) is 6.21. The van der Waals surface area contributed by atoms with Crippen molar-refractivity contribution in [3.8, 4) is 5.75 Å². The summed E-state index contributed by atoms with van der Waals surface area (Å²) >= 11 is 1.51. The Morgan fingerprint density at radius 2 is 1.87 bits per heavy atom. The zero-order valence-electron chi connectivity index (χ0n) is 16.8. The van der Waals surface area contributed by atoms with Gasteiger partial charge in [-0.15, -0.1) is 11.3 Å². The van der Waals surface area contributed by atoms with Crippen LogP contribution in [-0.4, -0.2) is 51.0 Å². The summed E-state index contributed by atoms with van der Waals surface area (Å²) in [6, 6.07) is 10.3. The molecule has 0 aliphatic carbocycles. The minimum Gasteiger partial charge on any atom is -0.497 e. The third-order valence-electron chi connectivity index (χ3n) is 5.08. The summed E-state index contributed by atoms with van der Waals surface area (Å²) in [5, 5.41) is 2.81. The standard InChI is InChI=1S/C21H21F2N3O3S2/c1-29-18-4-2-3-15(12-18)11-17-14-30-21(24-17)25-7-9-26(10-8-25)31(27,28)20-6-5-16(22)13-19(20)23/h2-6,12-14H,7-11H2,1H3. The molecule has 0 radical (unpaired) electrons. The van der Waals surface area contributed by atoms with Gasteiger partial charge in [-0.25, -0.2) is 22.2 Å². The van der Waals surface area contributed by atoms with Crippen LogP contribution in [0.5, 0.6) is 5.75 Å². The molecular weight excluding hydrogens is 444 g/mol. The molecule has 0 spiro atoms. The second kappa shape index (κ2) is 8.89. The molecule has 3 aromatic rings. The number of hydrogen-bond donors (Lipinski definition) is 0. The van der Waals surface area contributed by atoms with Crippen LogP contribution in [0.3, 0.4) is 0 Å². The number of halogens is 2. The van der Waals surface area contributed by atoms with Gasteiger partial charge in [-0.05, 0) is 29.8 Å². The van der Waals surface area contributed by atoms with Crippen molar-refractivity contribution in [3.63, 3.8) is 0 Å². The Labute approximate surface area is 183 Å². The van der Waals surface area contributed by atoms with Gasteiger partial charge in [0, 0.05) is 44.0 Å². The molecule has 1 aromatic heterocycles. The lowest BCUT2D eigenvalue weighted by Crippen LogP contribution is -2.48. The average molecular weight is 466 g/mol. The maximum absolute atomic E-state index is 14.0. The highest BCUT2D eigenvalue weighted by atomic mass is 32.2. The highest BCUT2D eigenvalue weighted by Gasteiger charge is 2.31. The molecule has 10 heteroatoms. The fraction of sp³-hybridized carbons (Fsp3) is 0.286. The molecule has 6 nitrogen and oxygen atoms in total. The van der Waals surface area contributed by atoms with E-state index in [1.54, 1.807) is 7.11 Å². The van der Waals surface area contributed by atoms with Crippen LogP contribution in [0.15, 0.2) is 52.7 Å². The molecule has 2 heterocycles. The number of methoxy groups -OCH3 is 1. The van der Waals surface area contributed by atoms with Crippen molar-refractivity contribution < 1.29 is 21.9 Å². The van der Waals surface area contributed by atoms with Crippen molar-refractivity contribution in [3.05, 3.63) is 70.7 Å². The zero-order valence-corrected chi connectivity index (χ0v) is 18.4. The first-order chi connectivity index (χ1) is 14.9. The molecule has 31 heavy (non-hydrogen) atoms. The third-order valence-corrected chi connectivity index (χ3v) is 7.96. The van der Waals surface area contributed by atoms with E-state index in [0.29, 0.717) is 25.6 Å². The highest BCUT2D eigenvalue weighted by Crippen LogP contribution is 2.26. The topological polar surface area (TPSA) is 62.7 Å². The number of rotatable bonds is 6. The van der Waals surface area contributed by atoms with E-state index in [4.69, 9.17) is 4.74 Å². The quantitative estimate of drug-likeness (QED) is 0.557. The predicted molar refractivity (Wildman–Crippen MR) is 115 cm³/mol. The Bertz CT molecular complexity index is 1180. The minimum atomic E-state index is -4.02. The SMILES string of the molecule is COc1cccc(Cc2csc(N3CCN(S(=O)(=O)c4ccc(F)cc4F)CC3)n2)c1. The number of piperazine rings is 1. The summed E-state index contributed by atoms with van der Waals surface area (Å²) in [6.45, 7) is 1.27. The van der Waals surface area contributed by atoms with Gasteiger partial charge in [0.1, 0.15) is 22.3 Å². The average Bonchev–Trinajstić information content (AvgIpc) is 3.22. The second-order valence-corrected chi connectivity index (χ2v) is 9.86. The van der Waals surface area contributed by atoms with Gasteiger partial charge >= 0.3 is 0 Å². The molecule has 0 N–H and O–H groups in total. The first-order valence-corrected chi connectivity index (χ1v) is 12.0. The fourth-order valence-corrected chi connectivity index (χ4v) is 5.80. The number of thiazole rings is 1. The summed E-state index contributed by atoms with van der Waals surface area (Å²) in [5.74, 6) is -1.10. The van der Waals surface area contributed by atoms with Gasteiger partial charge in [0.05, 0.1) is 12.8 Å². The molecule has 0 saturated carbocycles. The van der Waals surface area contributed by atoms with E-state index in [9.17, 15) is 17.2 Å². The lowest BCUT2D eigenvalue weighted by atomic mass is 10.1. The van der Waals surface area contributed by atoms with Crippen LogP contribution in [0.1, 0.15) is 11.3 Å². The molecule has 1 aliphatic heterocycles. The molecule has 2 aromatic carbocycles. The van der Waals surface area contributed by atoms with E-state index in [0.717, 1.165) is 34.3 Å². The van der Waals surface area contributed by atoms with Gasteiger partial charge in [0.15, 0.2) is 5.13 Å². The normalized spacial score (nSPS) is 15.3. The Morgan fingerprint density at radius 1 is 1.10 bits per heavy atom. The van der Waals surface area contributed by atoms with Crippen LogP contribution in [-0.2, 0) is 16.4 Å². The second-order valence-electron chi connectivity index (χ2n) is 7.12. The molecule has 164 valence electrons. The van der Waals surface area contributed by atoms with Crippen molar-refractivity contribution in [1.82, 2.24) is 9.29 Å². The molecule has 0 bridgehead atoms. The Morgan fingerprint density at radius 3 is 2.58 bits per heavy atom. The molecule has 0 atom stereocenters. The molecular formula is C21H21F2N3O3S2. The lowest BCUT2D eigenvalue weighted by Gasteiger charge is -2.33. The number of ether oxygens (including phenoxy) is 1. The van der Waals surface area contributed by atoms with Gasteiger partial charge in [0.2, 0.25) is 10.0 Å². The first kappa shape index (κ1) is 21.7. The van der Waals surface area contributed by atoms with E-state index in [-0.39, 0.29) is 13.1 Å². The number of aromatic nitrogens is 1. The van der Waals surface area contributed by atoms with Crippen molar-refractivity contribution in [2.75, 3.05) is 38.2 Å². The minimum absolute atomic E-state index is 0.198. The molecule has 1 saturated heterocycles. The number of nitrogens with zero attached hydrogens (tertiary/aromatic N) is 3. The number of hydrogen-bond acceptors (Lipinski definition) is 6. The van der Waals surface area contributed by atoms with Crippen LogP contribution in [0.2, 0.25) is 0 Å². The first-order valence-electron chi connectivity index (χ1n) is 9.64. The molecule has 1 aliphatic rings. The number of anilines is 1. The van der Waals surface area contributed by atoms with Crippen LogP contribution < -0.4 is 9.64 Å². The van der Waals surface area contributed by atoms with E-state index in [1.807, 2.05) is 34.5 Å². The smallest absolute Gasteiger partial charge is 0.246 e. The van der Waals surface area contributed by atoms with Crippen molar-refractivity contribution in [1.29, 1.82) is 0 Å². The number of sulfonamides is 1. The largest absolute Gasteiger partial charge is 0.497 e. The summed E-state index contributed by atoms with van der Waals surface area (Å²) < 4.78 is 59.1.